The zero-order valence-corrected chi connectivity index (χ0v) is 12.4. The van der Waals surface area contributed by atoms with E-state index < -0.39 is 10.0 Å². The summed E-state index contributed by atoms with van der Waals surface area (Å²) in [5.41, 5.74) is 5.83. The van der Waals surface area contributed by atoms with E-state index in [1.54, 1.807) is 4.31 Å². The van der Waals surface area contributed by atoms with Gasteiger partial charge in [0.1, 0.15) is 0 Å². The second kappa shape index (κ2) is 7.02. The van der Waals surface area contributed by atoms with Gasteiger partial charge in [-0.1, -0.05) is 6.42 Å². The highest BCUT2D eigenvalue weighted by Crippen LogP contribution is 2.20. The summed E-state index contributed by atoms with van der Waals surface area (Å²) in [5, 5.41) is 0. The Kier molecular flexibility index (Phi) is 5.62. The van der Waals surface area contributed by atoms with Gasteiger partial charge in [0, 0.05) is 19.1 Å². The van der Waals surface area contributed by atoms with Crippen molar-refractivity contribution in [3.8, 4) is 0 Å². The predicted molar refractivity (Wildman–Crippen MR) is 75.4 cm³/mol. The van der Waals surface area contributed by atoms with Crippen molar-refractivity contribution in [2.45, 2.75) is 57.1 Å². The predicted octanol–water partition coefficient (Wildman–Crippen LogP) is 1.09. The third kappa shape index (κ3) is 4.70. The molecule has 0 unspecified atom stereocenters. The molecule has 2 fully saturated rings. The van der Waals surface area contributed by atoms with Crippen molar-refractivity contribution in [2.75, 3.05) is 25.4 Å². The van der Waals surface area contributed by atoms with E-state index >= 15 is 0 Å². The molecule has 1 aliphatic carbocycles. The molecule has 0 amide bonds. The number of ether oxygens (including phenoxy) is 1. The minimum absolute atomic E-state index is 0.121. The van der Waals surface area contributed by atoms with Crippen molar-refractivity contribution in [1.29, 1.82) is 0 Å². The van der Waals surface area contributed by atoms with Gasteiger partial charge < -0.3 is 10.5 Å². The lowest BCUT2D eigenvalue weighted by molar-refractivity contribution is 0.0340. The molecule has 19 heavy (non-hydrogen) atoms. The highest BCUT2D eigenvalue weighted by molar-refractivity contribution is 7.89. The van der Waals surface area contributed by atoms with Crippen LogP contribution in [-0.2, 0) is 14.8 Å². The van der Waals surface area contributed by atoms with Crippen LogP contribution in [0.15, 0.2) is 0 Å². The van der Waals surface area contributed by atoms with Crippen LogP contribution in [0, 0.1) is 0 Å². The van der Waals surface area contributed by atoms with Crippen molar-refractivity contribution in [2.24, 2.45) is 5.73 Å². The lowest BCUT2D eigenvalue weighted by atomic mass is 9.94. The van der Waals surface area contributed by atoms with E-state index in [1.165, 1.54) is 0 Å². The van der Waals surface area contributed by atoms with E-state index in [0.29, 0.717) is 25.7 Å². The summed E-state index contributed by atoms with van der Waals surface area (Å²) in [6.07, 6.45) is 7.23. The molecule has 1 saturated carbocycles. The summed E-state index contributed by atoms with van der Waals surface area (Å²) in [7, 11) is -3.11. The van der Waals surface area contributed by atoms with Gasteiger partial charge in [0.25, 0.3) is 0 Å². The van der Waals surface area contributed by atoms with Crippen molar-refractivity contribution in [3.05, 3.63) is 0 Å². The lowest BCUT2D eigenvalue weighted by Gasteiger charge is -2.28. The Hall–Kier alpha value is -0.170. The van der Waals surface area contributed by atoms with Crippen LogP contribution in [0.3, 0.4) is 0 Å². The molecule has 1 aliphatic heterocycles. The minimum Gasteiger partial charge on any atom is -0.377 e. The Morgan fingerprint density at radius 1 is 1.05 bits per heavy atom. The number of hydrogen-bond acceptors (Lipinski definition) is 4. The molecule has 6 heteroatoms. The SMILES string of the molecule is NC1CCC(OCCS(=O)(=O)N2CCCCC2)CC1. The summed E-state index contributed by atoms with van der Waals surface area (Å²) < 4.78 is 31.5. The molecule has 112 valence electrons. The number of piperidine rings is 1. The average molecular weight is 290 g/mol. The number of nitrogens with zero attached hydrogens (tertiary/aromatic N) is 1. The topological polar surface area (TPSA) is 72.6 Å². The summed E-state index contributed by atoms with van der Waals surface area (Å²) in [5.74, 6) is 0.121. The summed E-state index contributed by atoms with van der Waals surface area (Å²) in [6.45, 7) is 1.68. The van der Waals surface area contributed by atoms with E-state index in [4.69, 9.17) is 10.5 Å². The quantitative estimate of drug-likeness (QED) is 0.822. The molecule has 0 aromatic carbocycles. The Labute approximate surface area is 116 Å². The fourth-order valence-electron chi connectivity index (χ4n) is 2.85. The molecule has 2 N–H and O–H groups in total. The molecule has 0 aromatic heterocycles. The van der Waals surface area contributed by atoms with E-state index in [1.807, 2.05) is 0 Å². The van der Waals surface area contributed by atoms with Gasteiger partial charge in [-0.2, -0.15) is 0 Å². The van der Waals surface area contributed by atoms with Crippen LogP contribution in [0.2, 0.25) is 0 Å². The van der Waals surface area contributed by atoms with Crippen molar-refractivity contribution in [3.63, 3.8) is 0 Å². The molecule has 2 rings (SSSR count). The van der Waals surface area contributed by atoms with Gasteiger partial charge >= 0.3 is 0 Å². The number of hydrogen-bond donors (Lipinski definition) is 1. The monoisotopic (exact) mass is 290 g/mol. The van der Waals surface area contributed by atoms with Crippen LogP contribution >= 0.6 is 0 Å². The number of rotatable bonds is 5. The molecule has 0 radical (unpaired) electrons. The standard InChI is InChI=1S/C13H26N2O3S/c14-12-4-6-13(7-5-12)18-10-11-19(16,17)15-8-2-1-3-9-15/h12-13H,1-11,14H2. The smallest absolute Gasteiger partial charge is 0.216 e. The second-order valence-electron chi connectivity index (χ2n) is 5.68. The van der Waals surface area contributed by atoms with E-state index in [9.17, 15) is 8.42 Å². The number of nitrogens with two attached hydrogens (primary N) is 1. The van der Waals surface area contributed by atoms with Gasteiger partial charge in [-0.05, 0) is 38.5 Å². The maximum Gasteiger partial charge on any atom is 0.216 e. The zero-order valence-electron chi connectivity index (χ0n) is 11.6. The van der Waals surface area contributed by atoms with Gasteiger partial charge in [-0.3, -0.25) is 0 Å². The first-order valence-electron chi connectivity index (χ1n) is 7.43. The molecule has 5 nitrogen and oxygen atoms in total. The minimum atomic E-state index is -3.11. The first kappa shape index (κ1) is 15.2. The Morgan fingerprint density at radius 3 is 2.32 bits per heavy atom. The van der Waals surface area contributed by atoms with Gasteiger partial charge in [0.05, 0.1) is 18.5 Å². The molecular formula is C13H26N2O3S. The van der Waals surface area contributed by atoms with Crippen molar-refractivity contribution >= 4 is 10.0 Å². The Balaban J connectivity index is 1.69. The Bertz CT molecular complexity index is 358. The fraction of sp³-hybridized carbons (Fsp3) is 1.00. The molecule has 2 aliphatic rings. The van der Waals surface area contributed by atoms with E-state index in [2.05, 4.69) is 0 Å². The molecular weight excluding hydrogens is 264 g/mol. The van der Waals surface area contributed by atoms with Crippen LogP contribution in [0.4, 0.5) is 0 Å². The van der Waals surface area contributed by atoms with E-state index in [0.717, 1.165) is 44.9 Å². The highest BCUT2D eigenvalue weighted by atomic mass is 32.2. The van der Waals surface area contributed by atoms with Crippen LogP contribution in [-0.4, -0.2) is 50.3 Å². The number of sulfonamides is 1. The van der Waals surface area contributed by atoms with Crippen LogP contribution < -0.4 is 5.73 Å². The first-order valence-corrected chi connectivity index (χ1v) is 9.04. The van der Waals surface area contributed by atoms with Crippen molar-refractivity contribution < 1.29 is 13.2 Å². The maximum atomic E-state index is 12.1. The molecule has 0 bridgehead atoms. The molecule has 0 atom stereocenters. The normalized spacial score (nSPS) is 30.4. The van der Waals surface area contributed by atoms with E-state index in [-0.39, 0.29) is 11.9 Å². The van der Waals surface area contributed by atoms with Crippen molar-refractivity contribution in [1.82, 2.24) is 4.31 Å². The summed E-state index contributed by atoms with van der Waals surface area (Å²) in [4.78, 5) is 0. The highest BCUT2D eigenvalue weighted by Gasteiger charge is 2.25. The third-order valence-electron chi connectivity index (χ3n) is 4.12. The second-order valence-corrected chi connectivity index (χ2v) is 7.77. The maximum absolute atomic E-state index is 12.1. The third-order valence-corrected chi connectivity index (χ3v) is 5.96. The molecule has 0 spiro atoms. The lowest BCUT2D eigenvalue weighted by Crippen LogP contribution is -2.38. The van der Waals surface area contributed by atoms with Gasteiger partial charge in [-0.25, -0.2) is 12.7 Å². The zero-order chi connectivity index (χ0) is 13.7. The summed E-state index contributed by atoms with van der Waals surface area (Å²) >= 11 is 0. The van der Waals surface area contributed by atoms with Gasteiger partial charge in [0.15, 0.2) is 0 Å². The largest absolute Gasteiger partial charge is 0.377 e. The average Bonchev–Trinajstić information content (AvgIpc) is 2.42. The van der Waals surface area contributed by atoms with Crippen LogP contribution in [0.25, 0.3) is 0 Å². The van der Waals surface area contributed by atoms with Crippen LogP contribution in [0.1, 0.15) is 44.9 Å². The van der Waals surface area contributed by atoms with Crippen LogP contribution in [0.5, 0.6) is 0 Å². The summed E-state index contributed by atoms with van der Waals surface area (Å²) in [6, 6.07) is 0.303. The Morgan fingerprint density at radius 2 is 1.68 bits per heavy atom. The molecule has 1 saturated heterocycles. The first-order chi connectivity index (χ1) is 9.08. The van der Waals surface area contributed by atoms with Gasteiger partial charge in [0.2, 0.25) is 10.0 Å². The molecule has 1 heterocycles. The molecule has 0 aromatic rings. The van der Waals surface area contributed by atoms with Gasteiger partial charge in [-0.15, -0.1) is 0 Å². The fourth-order valence-corrected chi connectivity index (χ4v) is 4.23.